The average molecular weight is 1360 g/mol. The van der Waals surface area contributed by atoms with Crippen LogP contribution in [-0.4, -0.2) is 299 Å². The largest absolute Gasteiger partial charge is 0.379 e. The zero-order valence-electron chi connectivity index (χ0n) is 63.8. The van der Waals surface area contributed by atoms with Gasteiger partial charge in [0.1, 0.15) is 11.6 Å². The van der Waals surface area contributed by atoms with Crippen LogP contribution in [0.5, 0.6) is 0 Å². The van der Waals surface area contributed by atoms with E-state index in [2.05, 4.69) is 249 Å². The van der Waals surface area contributed by atoms with E-state index in [1.807, 2.05) is 60.9 Å². The van der Waals surface area contributed by atoms with E-state index in [1.54, 1.807) is 23.7 Å². The van der Waals surface area contributed by atoms with Crippen molar-refractivity contribution in [1.82, 2.24) is 69.1 Å². The van der Waals surface area contributed by atoms with Crippen LogP contribution in [0.2, 0.25) is 0 Å². The Labute approximate surface area is 592 Å². The molecule has 7 aliphatic rings. The monoisotopic (exact) mass is 1360 g/mol. The summed E-state index contributed by atoms with van der Waals surface area (Å²) < 4.78 is 5.38. The Kier molecular flexibility index (Phi) is 30.6. The molecule has 0 aromatic carbocycles. The van der Waals surface area contributed by atoms with E-state index in [0.717, 1.165) is 169 Å². The molecule has 0 bridgehead atoms. The SMILES string of the molecule is CC(C)(C)N1CCN(CCN2CCOCC2)CC1.CC(C)(C)N1CCN(c2ccccn2)CC1.CC(C)(C)N1CCN(c2cccnc2)CC1.CC(C)(C)N1CCN(c2ccncc2)CC1.CC(C)(C)N1CCN(c2cnccn2)CC1.CC(C)(C)N1CCN(c2nccs2)CC1. The fourth-order valence-corrected chi connectivity index (χ4v) is 14.0. The Balaban J connectivity index is 0.000000164. The van der Waals surface area contributed by atoms with Crippen molar-refractivity contribution >= 4 is 39.5 Å². The number of piperazine rings is 6. The topological polar surface area (TPSA) is 129 Å². The van der Waals surface area contributed by atoms with Crippen molar-refractivity contribution < 1.29 is 4.74 Å². The number of aromatic nitrogens is 6. The highest BCUT2D eigenvalue weighted by molar-refractivity contribution is 7.13. The molecule has 0 spiro atoms. The summed E-state index contributed by atoms with van der Waals surface area (Å²) in [6.07, 6.45) is 16.6. The average Bonchev–Trinajstić information content (AvgIpc) is 1.32. The van der Waals surface area contributed by atoms with Crippen LogP contribution in [0.4, 0.5) is 28.1 Å². The quantitative estimate of drug-likeness (QED) is 0.146. The van der Waals surface area contributed by atoms with Gasteiger partial charge in [-0.2, -0.15) is 0 Å². The minimum absolute atomic E-state index is 0.272. The van der Waals surface area contributed by atoms with E-state index in [1.165, 1.54) is 55.8 Å². The van der Waals surface area contributed by atoms with Gasteiger partial charge < -0.3 is 29.2 Å². The van der Waals surface area contributed by atoms with Gasteiger partial charge in [0.05, 0.1) is 31.3 Å². The van der Waals surface area contributed by atoms with Crippen molar-refractivity contribution in [2.24, 2.45) is 0 Å². The highest BCUT2D eigenvalue weighted by Crippen LogP contribution is 2.26. The number of thiazole rings is 1. The molecule has 5 aromatic rings. The highest BCUT2D eigenvalue weighted by atomic mass is 32.1. The lowest BCUT2D eigenvalue weighted by atomic mass is 10.0. The first-order chi connectivity index (χ1) is 45.9. The van der Waals surface area contributed by atoms with E-state index in [9.17, 15) is 0 Å². The van der Waals surface area contributed by atoms with Gasteiger partial charge in [-0.05, 0) is 161 Å². The van der Waals surface area contributed by atoms with Gasteiger partial charge >= 0.3 is 0 Å². The smallest absolute Gasteiger partial charge is 0.185 e. The molecule has 97 heavy (non-hydrogen) atoms. The maximum absolute atomic E-state index is 5.38. The zero-order valence-corrected chi connectivity index (χ0v) is 64.7. The molecule has 12 heterocycles. The molecule has 0 atom stereocenters. The minimum atomic E-state index is 0.272. The lowest BCUT2D eigenvalue weighted by Gasteiger charge is -2.43. The van der Waals surface area contributed by atoms with E-state index in [0.29, 0.717) is 22.2 Å². The first-order valence-electron chi connectivity index (χ1n) is 36.6. The number of morpholine rings is 1. The first-order valence-corrected chi connectivity index (χ1v) is 37.4. The maximum atomic E-state index is 5.38. The summed E-state index contributed by atoms with van der Waals surface area (Å²) in [5.74, 6) is 2.10. The van der Waals surface area contributed by atoms with Crippen molar-refractivity contribution in [3.8, 4) is 0 Å². The van der Waals surface area contributed by atoms with E-state index < -0.39 is 0 Å². The molecule has 542 valence electrons. The third kappa shape index (κ3) is 27.0. The number of hydrogen-bond acceptors (Lipinski definition) is 21. The second kappa shape index (κ2) is 37.5. The van der Waals surface area contributed by atoms with Crippen LogP contribution < -0.4 is 24.5 Å². The Morgan fingerprint density at radius 1 is 0.309 bits per heavy atom. The molecule has 0 aliphatic carbocycles. The summed E-state index contributed by atoms with van der Waals surface area (Å²) in [5.41, 5.74) is 4.32. The molecule has 0 radical (unpaired) electrons. The molecule has 0 amide bonds. The normalized spacial score (nSPS) is 20.2. The Bertz CT molecular complexity index is 2560. The predicted molar refractivity (Wildman–Crippen MR) is 410 cm³/mol. The Morgan fingerprint density at radius 2 is 0.701 bits per heavy atom. The number of anilines is 5. The molecule has 7 saturated heterocycles. The molecular formula is C76H131N19OS. The van der Waals surface area contributed by atoms with E-state index in [4.69, 9.17) is 4.74 Å². The second-order valence-corrected chi connectivity index (χ2v) is 33.5. The van der Waals surface area contributed by atoms with Gasteiger partial charge in [-0.3, -0.25) is 54.2 Å². The van der Waals surface area contributed by atoms with Crippen molar-refractivity contribution in [1.29, 1.82) is 0 Å². The Morgan fingerprint density at radius 3 is 1.08 bits per heavy atom. The van der Waals surface area contributed by atoms with Gasteiger partial charge in [0.25, 0.3) is 0 Å². The molecule has 0 unspecified atom stereocenters. The van der Waals surface area contributed by atoms with E-state index >= 15 is 0 Å². The van der Waals surface area contributed by atoms with Crippen LogP contribution >= 0.6 is 11.3 Å². The molecular weight excluding hydrogens is 1230 g/mol. The summed E-state index contributed by atoms with van der Waals surface area (Å²) >= 11 is 1.73. The van der Waals surface area contributed by atoms with Crippen molar-refractivity contribution in [2.45, 2.75) is 158 Å². The fourth-order valence-electron chi connectivity index (χ4n) is 13.3. The number of pyridine rings is 3. The third-order valence-corrected chi connectivity index (χ3v) is 20.7. The maximum Gasteiger partial charge on any atom is 0.185 e. The van der Waals surface area contributed by atoms with Gasteiger partial charge in [-0.15, -0.1) is 11.3 Å². The van der Waals surface area contributed by atoms with Crippen LogP contribution in [0.1, 0.15) is 125 Å². The summed E-state index contributed by atoms with van der Waals surface area (Å²) in [5, 5.41) is 3.22. The number of ether oxygens (including phenoxy) is 1. The number of nitrogens with zero attached hydrogens (tertiary/aromatic N) is 19. The molecule has 7 aliphatic heterocycles. The van der Waals surface area contributed by atoms with Crippen molar-refractivity contribution in [3.05, 3.63) is 104 Å². The second-order valence-electron chi connectivity index (χ2n) is 32.7. The summed E-state index contributed by atoms with van der Waals surface area (Å²) in [6, 6.07) is 14.4. The van der Waals surface area contributed by atoms with Gasteiger partial charge in [-0.25, -0.2) is 15.0 Å². The molecule has 12 rings (SSSR count). The first kappa shape index (κ1) is 79.1. The van der Waals surface area contributed by atoms with Crippen molar-refractivity contribution in [2.75, 3.05) is 221 Å². The third-order valence-electron chi connectivity index (χ3n) is 19.9. The van der Waals surface area contributed by atoms with E-state index in [-0.39, 0.29) is 11.1 Å². The molecule has 21 heteroatoms. The van der Waals surface area contributed by atoms with Crippen molar-refractivity contribution in [3.63, 3.8) is 0 Å². The predicted octanol–water partition coefficient (Wildman–Crippen LogP) is 10.2. The van der Waals surface area contributed by atoms with Crippen LogP contribution in [0, 0.1) is 0 Å². The molecule has 0 N–H and O–H groups in total. The molecule has 7 fully saturated rings. The molecule has 0 saturated carbocycles. The summed E-state index contributed by atoms with van der Waals surface area (Å²) in [6.45, 7) is 74.7. The van der Waals surface area contributed by atoms with Gasteiger partial charge in [0.2, 0.25) is 0 Å². The van der Waals surface area contributed by atoms with Crippen LogP contribution in [-0.2, 0) is 4.74 Å². The fraction of sp³-hybridized carbons (Fsp3) is 0.711. The summed E-state index contributed by atoms with van der Waals surface area (Å²) in [7, 11) is 0. The minimum Gasteiger partial charge on any atom is -0.379 e. The van der Waals surface area contributed by atoms with Crippen LogP contribution in [0.15, 0.2) is 104 Å². The van der Waals surface area contributed by atoms with Crippen LogP contribution in [0.3, 0.4) is 0 Å². The van der Waals surface area contributed by atoms with Gasteiger partial charge in [0.15, 0.2) is 5.13 Å². The lowest BCUT2D eigenvalue weighted by molar-refractivity contribution is 0.0236. The van der Waals surface area contributed by atoms with Gasteiger partial charge in [0, 0.05) is 271 Å². The summed E-state index contributed by atoms with van der Waals surface area (Å²) in [4.78, 5) is 57.7. The number of rotatable bonds is 8. The lowest BCUT2D eigenvalue weighted by Crippen LogP contribution is -2.54. The van der Waals surface area contributed by atoms with Gasteiger partial charge in [-0.1, -0.05) is 6.07 Å². The standard InChI is InChI=1S/C14H29N3O.3C13H21N3.C12H20N4.C11H19N3S/c1-14(2,3)17-8-6-15(7-9-17)4-5-16-10-12-18-13-11-16;1-13(2,3)16-10-8-15(9-11-16)12-4-6-14-7-5-12;1-13(2,3)16-9-7-15(8-10-16)12-5-4-6-14-11-12;1-13(2,3)16-10-8-15(9-11-16)12-6-4-5-7-14-12;1-12(2,3)16-8-6-15(7-9-16)11-10-13-4-5-14-11;1-11(2,3)14-7-5-13(6-8-14)10-12-4-9-15-10/h4-13H2,1-3H3;4-7H,8-11H2,1-3H3;4-6,11H,7-10H2,1-3H3;4-7H,8-11H2,1-3H3;4-5,10H,6-9H2,1-3H3;4,9H,5-8H2,1-3H3. The highest BCUT2D eigenvalue weighted by Gasteiger charge is 2.32. The zero-order chi connectivity index (χ0) is 70.3. The molecule has 20 nitrogen and oxygen atoms in total. The molecule has 5 aromatic heterocycles. The Hall–Kier alpha value is -5.20. The number of hydrogen-bond donors (Lipinski definition) is 0. The van der Waals surface area contributed by atoms with Crippen LogP contribution in [0.25, 0.3) is 0 Å².